The minimum Gasteiger partial charge on any atom is -0.478 e. The van der Waals surface area contributed by atoms with E-state index in [-0.39, 0.29) is 16.2 Å². The Labute approximate surface area is 176 Å². The summed E-state index contributed by atoms with van der Waals surface area (Å²) >= 11 is 11.8. The molecule has 0 atom stereocenters. The molecular weight excluding hydrogens is 413 g/mol. The van der Waals surface area contributed by atoms with Crippen LogP contribution in [0.4, 0.5) is 5.69 Å². The standard InChI is InChI=1S/C21H13Cl2N3O3/c22-18-7-6-15(11-19(18)23)25-20(27)14(12-24)10-17-5-2-8-26(17)16-4-1-3-13(9-16)21(28)29/h1-11H,(H,25,27)(H,28,29)/b14-10+. The van der Waals surface area contributed by atoms with Gasteiger partial charge in [0.2, 0.25) is 0 Å². The van der Waals surface area contributed by atoms with E-state index in [2.05, 4.69) is 5.32 Å². The number of anilines is 1. The minimum absolute atomic E-state index is 0.129. The summed E-state index contributed by atoms with van der Waals surface area (Å²) in [7, 11) is 0. The first-order valence-electron chi connectivity index (χ1n) is 8.28. The third-order valence-electron chi connectivity index (χ3n) is 3.99. The van der Waals surface area contributed by atoms with Crippen LogP contribution in [0.1, 0.15) is 16.1 Å². The predicted octanol–water partition coefficient (Wildman–Crippen LogP) is 5.03. The number of carboxylic acid groups (broad SMARTS) is 1. The number of carbonyl (C=O) groups excluding carboxylic acids is 1. The molecule has 1 aromatic heterocycles. The molecular formula is C21H13Cl2N3O3. The van der Waals surface area contributed by atoms with Crippen LogP contribution in [0.15, 0.2) is 66.4 Å². The van der Waals surface area contributed by atoms with Crippen molar-refractivity contribution < 1.29 is 14.7 Å². The van der Waals surface area contributed by atoms with Crippen LogP contribution in [0.25, 0.3) is 11.8 Å². The first-order chi connectivity index (χ1) is 13.9. The molecule has 0 radical (unpaired) electrons. The number of hydrogen-bond donors (Lipinski definition) is 2. The summed E-state index contributed by atoms with van der Waals surface area (Å²) in [4.78, 5) is 23.7. The zero-order valence-electron chi connectivity index (χ0n) is 14.8. The molecule has 2 N–H and O–H groups in total. The van der Waals surface area contributed by atoms with Gasteiger partial charge < -0.3 is 15.0 Å². The summed E-state index contributed by atoms with van der Waals surface area (Å²) in [5, 5.41) is 21.8. The number of halogens is 2. The van der Waals surface area contributed by atoms with Gasteiger partial charge in [-0.25, -0.2) is 4.79 Å². The maximum Gasteiger partial charge on any atom is 0.335 e. The fourth-order valence-corrected chi connectivity index (χ4v) is 2.90. The number of hydrogen-bond acceptors (Lipinski definition) is 3. The van der Waals surface area contributed by atoms with Crippen LogP contribution in [0.5, 0.6) is 0 Å². The average molecular weight is 426 g/mol. The Hall–Kier alpha value is -3.53. The monoisotopic (exact) mass is 425 g/mol. The lowest BCUT2D eigenvalue weighted by Gasteiger charge is -2.09. The van der Waals surface area contributed by atoms with E-state index >= 15 is 0 Å². The molecule has 1 amide bonds. The summed E-state index contributed by atoms with van der Waals surface area (Å²) in [5.74, 6) is -1.66. The topological polar surface area (TPSA) is 95.1 Å². The highest BCUT2D eigenvalue weighted by atomic mass is 35.5. The van der Waals surface area contributed by atoms with Crippen LogP contribution < -0.4 is 5.32 Å². The van der Waals surface area contributed by atoms with E-state index in [1.54, 1.807) is 41.1 Å². The highest BCUT2D eigenvalue weighted by Gasteiger charge is 2.13. The Kier molecular flexibility index (Phi) is 6.03. The first-order valence-corrected chi connectivity index (χ1v) is 9.04. The second-order valence-electron chi connectivity index (χ2n) is 5.91. The Morgan fingerprint density at radius 3 is 2.55 bits per heavy atom. The summed E-state index contributed by atoms with van der Waals surface area (Å²) < 4.78 is 1.68. The molecule has 0 unspecified atom stereocenters. The van der Waals surface area contributed by atoms with Gasteiger partial charge in [0.25, 0.3) is 5.91 Å². The van der Waals surface area contributed by atoms with Crippen molar-refractivity contribution in [1.29, 1.82) is 5.26 Å². The Balaban J connectivity index is 1.90. The van der Waals surface area contributed by atoms with Crippen molar-refractivity contribution >= 4 is 46.8 Å². The second-order valence-corrected chi connectivity index (χ2v) is 6.73. The lowest BCUT2D eigenvalue weighted by molar-refractivity contribution is -0.112. The number of nitrogens with one attached hydrogen (secondary N) is 1. The molecule has 2 aromatic carbocycles. The average Bonchev–Trinajstić information content (AvgIpc) is 3.17. The van der Waals surface area contributed by atoms with Gasteiger partial charge in [-0.1, -0.05) is 29.3 Å². The van der Waals surface area contributed by atoms with E-state index in [0.29, 0.717) is 22.1 Å². The van der Waals surface area contributed by atoms with Gasteiger partial charge in [0.05, 0.1) is 15.6 Å². The number of carboxylic acids is 1. The van der Waals surface area contributed by atoms with Crippen LogP contribution in [-0.2, 0) is 4.79 Å². The van der Waals surface area contributed by atoms with Gasteiger partial charge in [0.15, 0.2) is 0 Å². The molecule has 3 aromatic rings. The molecule has 3 rings (SSSR count). The lowest BCUT2D eigenvalue weighted by atomic mass is 10.2. The number of nitrogens with zero attached hydrogens (tertiary/aromatic N) is 2. The Morgan fingerprint density at radius 1 is 1.07 bits per heavy atom. The van der Waals surface area contributed by atoms with Crippen LogP contribution in [0.3, 0.4) is 0 Å². The van der Waals surface area contributed by atoms with E-state index in [9.17, 15) is 20.0 Å². The van der Waals surface area contributed by atoms with Crippen LogP contribution >= 0.6 is 23.2 Å². The number of nitriles is 1. The van der Waals surface area contributed by atoms with Crippen LogP contribution in [0, 0.1) is 11.3 Å². The molecule has 0 aliphatic carbocycles. The third-order valence-corrected chi connectivity index (χ3v) is 4.73. The first kappa shape index (κ1) is 20.2. The molecule has 144 valence electrons. The molecule has 29 heavy (non-hydrogen) atoms. The molecule has 0 aliphatic heterocycles. The summed E-state index contributed by atoms with van der Waals surface area (Å²) in [6, 6.07) is 16.2. The fourth-order valence-electron chi connectivity index (χ4n) is 2.60. The van der Waals surface area contributed by atoms with E-state index in [0.717, 1.165) is 0 Å². The third kappa shape index (κ3) is 4.66. The summed E-state index contributed by atoms with van der Waals surface area (Å²) in [6.45, 7) is 0. The number of benzene rings is 2. The molecule has 0 bridgehead atoms. The molecule has 0 saturated heterocycles. The molecule has 6 nitrogen and oxygen atoms in total. The van der Waals surface area contributed by atoms with Gasteiger partial charge in [-0.2, -0.15) is 5.26 Å². The van der Waals surface area contributed by atoms with E-state index < -0.39 is 11.9 Å². The van der Waals surface area contributed by atoms with Gasteiger partial charge in [0.1, 0.15) is 11.6 Å². The number of aromatic nitrogens is 1. The minimum atomic E-state index is -1.05. The molecule has 1 heterocycles. The highest BCUT2D eigenvalue weighted by molar-refractivity contribution is 6.42. The van der Waals surface area contributed by atoms with Crippen molar-refractivity contribution in [2.24, 2.45) is 0 Å². The number of carbonyl (C=O) groups is 2. The summed E-state index contributed by atoms with van der Waals surface area (Å²) in [5.41, 5.74) is 1.52. The largest absolute Gasteiger partial charge is 0.478 e. The van der Waals surface area contributed by atoms with Crippen LogP contribution in [0.2, 0.25) is 10.0 Å². The maximum absolute atomic E-state index is 12.5. The van der Waals surface area contributed by atoms with E-state index in [1.807, 2.05) is 6.07 Å². The smallest absolute Gasteiger partial charge is 0.335 e. The quantitative estimate of drug-likeness (QED) is 0.442. The van der Waals surface area contributed by atoms with Gasteiger partial charge in [-0.3, -0.25) is 4.79 Å². The van der Waals surface area contributed by atoms with Gasteiger partial charge in [0, 0.05) is 23.3 Å². The maximum atomic E-state index is 12.5. The van der Waals surface area contributed by atoms with Crippen molar-refractivity contribution in [3.8, 4) is 11.8 Å². The zero-order chi connectivity index (χ0) is 21.0. The Morgan fingerprint density at radius 2 is 1.86 bits per heavy atom. The summed E-state index contributed by atoms with van der Waals surface area (Å²) in [6.07, 6.45) is 3.12. The number of aromatic carboxylic acids is 1. The number of rotatable bonds is 5. The van der Waals surface area contributed by atoms with Crippen molar-refractivity contribution in [3.63, 3.8) is 0 Å². The molecule has 0 spiro atoms. The number of amides is 1. The predicted molar refractivity (Wildman–Crippen MR) is 111 cm³/mol. The second kappa shape index (κ2) is 8.65. The van der Waals surface area contributed by atoms with Gasteiger partial charge in [-0.05, 0) is 54.6 Å². The van der Waals surface area contributed by atoms with Gasteiger partial charge >= 0.3 is 5.97 Å². The van der Waals surface area contributed by atoms with Crippen molar-refractivity contribution in [1.82, 2.24) is 4.57 Å². The van der Waals surface area contributed by atoms with E-state index in [4.69, 9.17) is 23.2 Å². The Bertz CT molecular complexity index is 1180. The fraction of sp³-hybridized carbons (Fsp3) is 0. The van der Waals surface area contributed by atoms with Crippen LogP contribution in [-0.4, -0.2) is 21.6 Å². The lowest BCUT2D eigenvalue weighted by Crippen LogP contribution is -2.13. The molecule has 0 aliphatic rings. The molecule has 8 heteroatoms. The zero-order valence-corrected chi connectivity index (χ0v) is 16.3. The van der Waals surface area contributed by atoms with Crippen molar-refractivity contribution in [2.75, 3.05) is 5.32 Å². The van der Waals surface area contributed by atoms with Gasteiger partial charge in [-0.15, -0.1) is 0 Å². The van der Waals surface area contributed by atoms with Crippen molar-refractivity contribution in [2.45, 2.75) is 0 Å². The SMILES string of the molecule is N#C/C(=C\c1cccn1-c1cccc(C(=O)O)c1)C(=O)Nc1ccc(Cl)c(Cl)c1. The van der Waals surface area contributed by atoms with E-state index in [1.165, 1.54) is 30.3 Å². The molecule has 0 saturated carbocycles. The normalized spacial score (nSPS) is 11.0. The van der Waals surface area contributed by atoms with Crippen molar-refractivity contribution in [3.05, 3.63) is 87.7 Å². The molecule has 0 fully saturated rings. The highest BCUT2D eigenvalue weighted by Crippen LogP contribution is 2.25.